The van der Waals surface area contributed by atoms with Gasteiger partial charge in [-0.3, -0.25) is 4.99 Å². The van der Waals surface area contributed by atoms with E-state index in [4.69, 9.17) is 0 Å². The lowest BCUT2D eigenvalue weighted by Crippen LogP contribution is -2.45. The molecule has 0 saturated heterocycles. The van der Waals surface area contributed by atoms with Crippen LogP contribution in [0.15, 0.2) is 40.2 Å². The fourth-order valence-corrected chi connectivity index (χ4v) is 3.86. The van der Waals surface area contributed by atoms with E-state index in [-0.39, 0.29) is 5.75 Å². The zero-order valence-corrected chi connectivity index (χ0v) is 13.9. The Morgan fingerprint density at radius 2 is 1.86 bits per heavy atom. The Kier molecular flexibility index (Phi) is 6.24. The van der Waals surface area contributed by atoms with Crippen LogP contribution < -0.4 is 10.6 Å². The van der Waals surface area contributed by atoms with E-state index in [0.717, 1.165) is 12.8 Å². The van der Waals surface area contributed by atoms with Crippen molar-refractivity contribution in [2.45, 2.75) is 43.0 Å². The van der Waals surface area contributed by atoms with Gasteiger partial charge >= 0.3 is 0 Å². The summed E-state index contributed by atoms with van der Waals surface area (Å²) in [6, 6.07) is 9.00. The summed E-state index contributed by atoms with van der Waals surface area (Å²) in [5, 5.41) is 6.48. The molecule has 1 saturated carbocycles. The van der Waals surface area contributed by atoms with Crippen molar-refractivity contribution < 1.29 is 8.42 Å². The quantitative estimate of drug-likeness (QED) is 0.642. The fraction of sp³-hybridized carbons (Fsp3) is 0.562. The molecule has 22 heavy (non-hydrogen) atoms. The summed E-state index contributed by atoms with van der Waals surface area (Å²) in [5.41, 5.74) is 0. The summed E-state index contributed by atoms with van der Waals surface area (Å²) >= 11 is 0. The second-order valence-corrected chi connectivity index (χ2v) is 7.72. The predicted octanol–water partition coefficient (Wildman–Crippen LogP) is 1.96. The van der Waals surface area contributed by atoms with Gasteiger partial charge in [0.1, 0.15) is 0 Å². The highest BCUT2D eigenvalue weighted by Crippen LogP contribution is 2.17. The molecule has 2 rings (SSSR count). The normalized spacial score (nSPS) is 17.2. The molecule has 0 unspecified atom stereocenters. The Hall–Kier alpha value is -1.56. The molecule has 0 aliphatic heterocycles. The molecule has 0 bridgehead atoms. The highest BCUT2D eigenvalue weighted by atomic mass is 32.2. The van der Waals surface area contributed by atoms with E-state index in [0.29, 0.717) is 23.4 Å². The Morgan fingerprint density at radius 3 is 2.50 bits per heavy atom. The average Bonchev–Trinajstić information content (AvgIpc) is 2.55. The Bertz CT molecular complexity index is 579. The summed E-state index contributed by atoms with van der Waals surface area (Å²) in [6.45, 7) is 0.351. The molecule has 5 nitrogen and oxygen atoms in total. The topological polar surface area (TPSA) is 70.6 Å². The number of nitrogens with one attached hydrogen (secondary N) is 2. The second-order valence-electron chi connectivity index (χ2n) is 5.61. The van der Waals surface area contributed by atoms with Crippen LogP contribution in [0.25, 0.3) is 0 Å². The zero-order valence-electron chi connectivity index (χ0n) is 13.1. The summed E-state index contributed by atoms with van der Waals surface area (Å²) in [7, 11) is -1.53. The number of sulfone groups is 1. The van der Waals surface area contributed by atoms with Gasteiger partial charge in [0, 0.05) is 19.6 Å². The van der Waals surface area contributed by atoms with Crippen molar-refractivity contribution in [1.29, 1.82) is 0 Å². The lowest BCUT2D eigenvalue weighted by Gasteiger charge is -2.24. The molecule has 0 aromatic heterocycles. The van der Waals surface area contributed by atoms with Crippen LogP contribution in [-0.2, 0) is 9.84 Å². The van der Waals surface area contributed by atoms with Crippen molar-refractivity contribution in [3.63, 3.8) is 0 Å². The van der Waals surface area contributed by atoms with Crippen LogP contribution in [0.2, 0.25) is 0 Å². The van der Waals surface area contributed by atoms with Gasteiger partial charge in [0.25, 0.3) is 0 Å². The van der Waals surface area contributed by atoms with Gasteiger partial charge in [-0.2, -0.15) is 0 Å². The molecule has 1 aliphatic rings. The van der Waals surface area contributed by atoms with Crippen molar-refractivity contribution >= 4 is 15.8 Å². The van der Waals surface area contributed by atoms with E-state index in [2.05, 4.69) is 15.6 Å². The molecule has 1 aliphatic carbocycles. The van der Waals surface area contributed by atoms with Crippen LogP contribution in [0.3, 0.4) is 0 Å². The summed E-state index contributed by atoms with van der Waals surface area (Å²) in [5.74, 6) is 0.748. The molecule has 1 aromatic carbocycles. The minimum atomic E-state index is -3.24. The molecule has 6 heteroatoms. The van der Waals surface area contributed by atoms with Gasteiger partial charge in [-0.25, -0.2) is 8.42 Å². The van der Waals surface area contributed by atoms with E-state index in [9.17, 15) is 8.42 Å². The lowest BCUT2D eigenvalue weighted by molar-refractivity contribution is 0.410. The maximum absolute atomic E-state index is 12.2. The van der Waals surface area contributed by atoms with Crippen LogP contribution in [0.5, 0.6) is 0 Å². The molecule has 1 fully saturated rings. The number of hydrogen-bond acceptors (Lipinski definition) is 3. The van der Waals surface area contributed by atoms with Crippen molar-refractivity contribution in [2.24, 2.45) is 4.99 Å². The van der Waals surface area contributed by atoms with E-state index in [1.165, 1.54) is 19.3 Å². The number of benzene rings is 1. The number of rotatable bonds is 5. The summed E-state index contributed by atoms with van der Waals surface area (Å²) in [6.07, 6.45) is 6.11. The smallest absolute Gasteiger partial charge is 0.191 e. The van der Waals surface area contributed by atoms with Crippen molar-refractivity contribution in [1.82, 2.24) is 10.6 Å². The largest absolute Gasteiger partial charge is 0.355 e. The van der Waals surface area contributed by atoms with Crippen LogP contribution in [0, 0.1) is 0 Å². The molecular weight excluding hydrogens is 298 g/mol. The minimum absolute atomic E-state index is 0.0579. The number of hydrogen-bond donors (Lipinski definition) is 2. The maximum Gasteiger partial charge on any atom is 0.191 e. The first kappa shape index (κ1) is 16.8. The molecule has 122 valence electrons. The molecule has 0 heterocycles. The first-order valence-corrected chi connectivity index (χ1v) is 9.52. The Labute approximate surface area is 133 Å². The minimum Gasteiger partial charge on any atom is -0.355 e. The fourth-order valence-electron chi connectivity index (χ4n) is 2.68. The second kappa shape index (κ2) is 8.17. The van der Waals surface area contributed by atoms with E-state index in [1.807, 2.05) is 6.07 Å². The SMILES string of the molecule is CN=C(NCCS(=O)(=O)c1ccccc1)NC1CCCCC1. The van der Waals surface area contributed by atoms with Gasteiger partial charge in [-0.1, -0.05) is 37.5 Å². The van der Waals surface area contributed by atoms with Gasteiger partial charge in [0.2, 0.25) is 0 Å². The summed E-state index contributed by atoms with van der Waals surface area (Å²) in [4.78, 5) is 4.54. The third kappa shape index (κ3) is 5.02. The third-order valence-electron chi connectivity index (χ3n) is 3.94. The van der Waals surface area contributed by atoms with Crippen LogP contribution in [0.1, 0.15) is 32.1 Å². The van der Waals surface area contributed by atoms with Crippen LogP contribution >= 0.6 is 0 Å². The monoisotopic (exact) mass is 323 g/mol. The number of aliphatic imine (C=N–C) groups is 1. The predicted molar refractivity (Wildman–Crippen MR) is 89.9 cm³/mol. The summed E-state index contributed by atoms with van der Waals surface area (Å²) < 4.78 is 24.4. The van der Waals surface area contributed by atoms with Crippen LogP contribution in [0.4, 0.5) is 0 Å². The Morgan fingerprint density at radius 1 is 1.18 bits per heavy atom. The first-order valence-electron chi connectivity index (χ1n) is 7.87. The number of guanidine groups is 1. The van der Waals surface area contributed by atoms with Crippen LogP contribution in [-0.4, -0.2) is 39.8 Å². The third-order valence-corrected chi connectivity index (χ3v) is 5.67. The van der Waals surface area contributed by atoms with Gasteiger partial charge in [-0.05, 0) is 25.0 Å². The highest BCUT2D eigenvalue weighted by molar-refractivity contribution is 7.91. The molecule has 0 atom stereocenters. The molecule has 1 aromatic rings. The Balaban J connectivity index is 1.81. The van der Waals surface area contributed by atoms with Gasteiger partial charge in [-0.15, -0.1) is 0 Å². The molecule has 0 spiro atoms. The van der Waals surface area contributed by atoms with Gasteiger partial charge in [0.05, 0.1) is 10.6 Å². The number of nitrogens with zero attached hydrogens (tertiary/aromatic N) is 1. The van der Waals surface area contributed by atoms with E-state index in [1.54, 1.807) is 31.3 Å². The van der Waals surface area contributed by atoms with Crippen molar-refractivity contribution in [3.8, 4) is 0 Å². The lowest BCUT2D eigenvalue weighted by atomic mass is 9.96. The molecule has 0 amide bonds. The zero-order chi connectivity index (χ0) is 15.8. The van der Waals surface area contributed by atoms with E-state index >= 15 is 0 Å². The molecule has 2 N–H and O–H groups in total. The first-order chi connectivity index (χ1) is 10.6. The van der Waals surface area contributed by atoms with E-state index < -0.39 is 9.84 Å². The van der Waals surface area contributed by atoms with Gasteiger partial charge < -0.3 is 10.6 Å². The average molecular weight is 323 g/mol. The van der Waals surface area contributed by atoms with Crippen molar-refractivity contribution in [2.75, 3.05) is 19.3 Å². The maximum atomic E-state index is 12.2. The molecule has 0 radical (unpaired) electrons. The highest BCUT2D eigenvalue weighted by Gasteiger charge is 2.16. The molecular formula is C16H25N3O2S. The van der Waals surface area contributed by atoms with Crippen molar-refractivity contribution in [3.05, 3.63) is 30.3 Å². The van der Waals surface area contributed by atoms with Gasteiger partial charge in [0.15, 0.2) is 15.8 Å². The standard InChI is InChI=1S/C16H25N3O2S/c1-17-16(19-14-8-4-2-5-9-14)18-12-13-22(20,21)15-10-6-3-7-11-15/h3,6-7,10-11,14H,2,4-5,8-9,12-13H2,1H3,(H2,17,18,19).